The SMILES string of the molecule is CC/C=C\C/C=C\C/C=C\C/C=C\CCCCCCCCC(=O)OCC(COCCCCCCCCCCCC/C=C\C/C=C\CCCCC)OC(=O)CCCCC/C=C\C/C=C\C/C=C\CC. The zero-order valence-electron chi connectivity index (χ0n) is 44.6. The molecule has 1 unspecified atom stereocenters. The molecule has 0 saturated heterocycles. The van der Waals surface area contributed by atoms with Gasteiger partial charge in [-0.05, 0) is 122 Å². The lowest BCUT2D eigenvalue weighted by atomic mass is 10.1. The van der Waals surface area contributed by atoms with Gasteiger partial charge in [0.15, 0.2) is 6.10 Å². The molecule has 0 aromatic heterocycles. The molecule has 68 heavy (non-hydrogen) atoms. The number of rotatable bonds is 51. The van der Waals surface area contributed by atoms with Crippen molar-refractivity contribution in [1.29, 1.82) is 0 Å². The summed E-state index contributed by atoms with van der Waals surface area (Å²) < 4.78 is 17.4. The minimum atomic E-state index is -0.566. The van der Waals surface area contributed by atoms with Crippen molar-refractivity contribution in [1.82, 2.24) is 0 Å². The lowest BCUT2D eigenvalue weighted by Gasteiger charge is -2.18. The second-order valence-electron chi connectivity index (χ2n) is 18.4. The van der Waals surface area contributed by atoms with Crippen molar-refractivity contribution in [3.05, 3.63) is 109 Å². The van der Waals surface area contributed by atoms with Crippen molar-refractivity contribution in [2.45, 2.75) is 258 Å². The van der Waals surface area contributed by atoms with E-state index in [1.54, 1.807) is 0 Å². The molecule has 0 aliphatic heterocycles. The third-order valence-electron chi connectivity index (χ3n) is 11.8. The van der Waals surface area contributed by atoms with Crippen LogP contribution in [0.1, 0.15) is 252 Å². The molecule has 0 aromatic rings. The maximum Gasteiger partial charge on any atom is 0.306 e. The highest BCUT2D eigenvalue weighted by molar-refractivity contribution is 5.70. The van der Waals surface area contributed by atoms with E-state index >= 15 is 0 Å². The minimum Gasteiger partial charge on any atom is -0.462 e. The molecule has 0 amide bonds. The van der Waals surface area contributed by atoms with Crippen LogP contribution in [0.15, 0.2) is 109 Å². The van der Waals surface area contributed by atoms with E-state index in [1.165, 1.54) is 103 Å². The monoisotopic (exact) mass is 943 g/mol. The molecule has 0 heterocycles. The Morgan fingerprint density at radius 2 is 0.662 bits per heavy atom. The summed E-state index contributed by atoms with van der Waals surface area (Å²) in [5.41, 5.74) is 0. The number of carbonyl (C=O) groups excluding carboxylic acids is 2. The number of ether oxygens (including phenoxy) is 3. The molecular weight excluding hydrogens is 837 g/mol. The lowest BCUT2D eigenvalue weighted by Crippen LogP contribution is -2.30. The van der Waals surface area contributed by atoms with Gasteiger partial charge in [0.1, 0.15) is 6.61 Å². The average molecular weight is 944 g/mol. The molecule has 0 N–H and O–H groups in total. The Morgan fingerprint density at radius 1 is 0.338 bits per heavy atom. The summed E-state index contributed by atoms with van der Waals surface area (Å²) in [6, 6.07) is 0. The number of carbonyl (C=O) groups is 2. The zero-order valence-corrected chi connectivity index (χ0v) is 44.6. The number of unbranched alkanes of at least 4 members (excludes halogenated alkanes) is 22. The second kappa shape index (κ2) is 57.9. The maximum absolute atomic E-state index is 12.8. The number of allylic oxidation sites excluding steroid dienone is 18. The molecule has 0 aliphatic rings. The van der Waals surface area contributed by atoms with Crippen molar-refractivity contribution >= 4 is 11.9 Å². The topological polar surface area (TPSA) is 61.8 Å². The van der Waals surface area contributed by atoms with Gasteiger partial charge in [-0.1, -0.05) is 226 Å². The van der Waals surface area contributed by atoms with Gasteiger partial charge < -0.3 is 14.2 Å². The van der Waals surface area contributed by atoms with Crippen LogP contribution in [0.5, 0.6) is 0 Å². The van der Waals surface area contributed by atoms with Crippen LogP contribution in [-0.4, -0.2) is 37.9 Å². The first-order chi connectivity index (χ1) is 33.6. The fourth-order valence-electron chi connectivity index (χ4n) is 7.60. The Hall–Kier alpha value is -3.44. The molecule has 0 saturated carbocycles. The van der Waals surface area contributed by atoms with Crippen LogP contribution >= 0.6 is 0 Å². The van der Waals surface area contributed by atoms with Gasteiger partial charge in [-0.25, -0.2) is 0 Å². The van der Waals surface area contributed by atoms with Crippen molar-refractivity contribution in [3.8, 4) is 0 Å². The number of hydrogen-bond acceptors (Lipinski definition) is 5. The van der Waals surface area contributed by atoms with Gasteiger partial charge in [-0.15, -0.1) is 0 Å². The van der Waals surface area contributed by atoms with E-state index in [9.17, 15) is 9.59 Å². The molecule has 0 rings (SSSR count). The number of hydrogen-bond donors (Lipinski definition) is 0. The lowest BCUT2D eigenvalue weighted by molar-refractivity contribution is -0.163. The number of esters is 2. The van der Waals surface area contributed by atoms with E-state index in [1.807, 2.05) is 0 Å². The van der Waals surface area contributed by atoms with Crippen molar-refractivity contribution in [2.24, 2.45) is 0 Å². The molecule has 0 aliphatic carbocycles. The Bertz CT molecular complexity index is 1340. The van der Waals surface area contributed by atoms with Gasteiger partial charge in [0, 0.05) is 19.4 Å². The van der Waals surface area contributed by atoms with Gasteiger partial charge in [0.05, 0.1) is 6.61 Å². The van der Waals surface area contributed by atoms with Crippen LogP contribution in [-0.2, 0) is 23.8 Å². The van der Waals surface area contributed by atoms with Crippen LogP contribution in [0, 0.1) is 0 Å². The van der Waals surface area contributed by atoms with E-state index in [0.717, 1.165) is 116 Å². The van der Waals surface area contributed by atoms with Crippen LogP contribution in [0.2, 0.25) is 0 Å². The molecular formula is C63H106O5. The van der Waals surface area contributed by atoms with E-state index in [4.69, 9.17) is 14.2 Å². The first kappa shape index (κ1) is 64.6. The summed E-state index contributed by atoms with van der Waals surface area (Å²) in [5.74, 6) is -0.450. The van der Waals surface area contributed by atoms with Crippen LogP contribution in [0.3, 0.4) is 0 Å². The summed E-state index contributed by atoms with van der Waals surface area (Å²) in [6.45, 7) is 7.53. The van der Waals surface area contributed by atoms with E-state index in [-0.39, 0.29) is 25.2 Å². The van der Waals surface area contributed by atoms with Gasteiger partial charge in [-0.2, -0.15) is 0 Å². The van der Waals surface area contributed by atoms with Crippen LogP contribution in [0.25, 0.3) is 0 Å². The predicted octanol–water partition coefficient (Wildman–Crippen LogP) is 19.6. The predicted molar refractivity (Wildman–Crippen MR) is 297 cm³/mol. The summed E-state index contributed by atoms with van der Waals surface area (Å²) in [4.78, 5) is 25.5. The molecule has 388 valence electrons. The van der Waals surface area contributed by atoms with E-state index in [2.05, 4.69) is 130 Å². The van der Waals surface area contributed by atoms with Gasteiger partial charge >= 0.3 is 11.9 Å². The van der Waals surface area contributed by atoms with Gasteiger partial charge in [-0.3, -0.25) is 9.59 Å². The molecule has 0 spiro atoms. The van der Waals surface area contributed by atoms with Crippen molar-refractivity contribution in [2.75, 3.05) is 19.8 Å². The fourth-order valence-corrected chi connectivity index (χ4v) is 7.60. The molecule has 0 radical (unpaired) electrons. The summed E-state index contributed by atoms with van der Waals surface area (Å²) >= 11 is 0. The van der Waals surface area contributed by atoms with Crippen LogP contribution in [0.4, 0.5) is 0 Å². The van der Waals surface area contributed by atoms with Gasteiger partial charge in [0.25, 0.3) is 0 Å². The summed E-state index contributed by atoms with van der Waals surface area (Å²) in [7, 11) is 0. The molecule has 5 nitrogen and oxygen atoms in total. The fraction of sp³-hybridized carbons (Fsp3) is 0.683. The van der Waals surface area contributed by atoms with Crippen LogP contribution < -0.4 is 0 Å². The summed E-state index contributed by atoms with van der Waals surface area (Å²) in [6.07, 6.45) is 79.7. The Balaban J connectivity index is 4.31. The third-order valence-corrected chi connectivity index (χ3v) is 11.8. The van der Waals surface area contributed by atoms with E-state index < -0.39 is 6.10 Å². The van der Waals surface area contributed by atoms with Crippen molar-refractivity contribution < 1.29 is 23.8 Å². The second-order valence-corrected chi connectivity index (χ2v) is 18.4. The Kier molecular flexibility index (Phi) is 54.9. The molecule has 5 heteroatoms. The highest BCUT2D eigenvalue weighted by Crippen LogP contribution is 2.14. The minimum absolute atomic E-state index is 0.0591. The standard InChI is InChI=1S/C63H106O5/c1-4-7-10-13-16-19-22-25-27-29-31-33-35-37-40-43-46-49-52-55-58-66-59-61(68-63(65)57-54-51-48-45-42-38-24-21-18-15-12-9-6-3)60-67-62(64)56-53-50-47-44-41-39-36-34-32-30-28-26-23-20-17-14-11-8-5-2/h8-9,11-12,16-21,25-28,32,34,38,42,61H,4-7,10,13-15,22-24,29-31,33,35-37,39-41,43-60H2,1-3H3/b11-8-,12-9-,19-16-,20-17-,21-18-,27-25-,28-26-,34-32-,42-38-. The quantitative estimate of drug-likeness (QED) is 0.0345. The smallest absolute Gasteiger partial charge is 0.306 e. The largest absolute Gasteiger partial charge is 0.462 e. The van der Waals surface area contributed by atoms with Crippen molar-refractivity contribution in [3.63, 3.8) is 0 Å². The molecule has 0 bridgehead atoms. The highest BCUT2D eigenvalue weighted by Gasteiger charge is 2.17. The Labute approximate surface area is 421 Å². The maximum atomic E-state index is 12.8. The zero-order chi connectivity index (χ0) is 49.2. The average Bonchev–Trinajstić information content (AvgIpc) is 3.34. The van der Waals surface area contributed by atoms with Gasteiger partial charge in [0.2, 0.25) is 0 Å². The molecule has 1 atom stereocenters. The summed E-state index contributed by atoms with van der Waals surface area (Å²) in [5, 5.41) is 0. The molecule has 0 fully saturated rings. The first-order valence-corrected chi connectivity index (χ1v) is 28.4. The van der Waals surface area contributed by atoms with E-state index in [0.29, 0.717) is 19.4 Å². The first-order valence-electron chi connectivity index (χ1n) is 28.4. The molecule has 0 aromatic carbocycles. The Morgan fingerprint density at radius 3 is 1.07 bits per heavy atom. The third kappa shape index (κ3) is 55.2. The normalized spacial score (nSPS) is 13.0. The highest BCUT2D eigenvalue weighted by atomic mass is 16.6.